The highest BCUT2D eigenvalue weighted by Gasteiger charge is 2.26. The van der Waals surface area contributed by atoms with E-state index < -0.39 is 7.14 Å². The van der Waals surface area contributed by atoms with Crippen molar-refractivity contribution in [2.45, 2.75) is 51.9 Å². The summed E-state index contributed by atoms with van der Waals surface area (Å²) in [5.74, 6) is 0. The summed E-state index contributed by atoms with van der Waals surface area (Å²) in [7, 11) is -2.57. The smallest absolute Gasteiger partial charge is 0.143 e. The molecule has 0 saturated heterocycles. The van der Waals surface area contributed by atoms with Crippen LogP contribution in [0.3, 0.4) is 0 Å². The van der Waals surface area contributed by atoms with E-state index in [0.29, 0.717) is 0 Å². The maximum Gasteiger partial charge on any atom is 0.143 e. The molecule has 2 aromatic carbocycles. The lowest BCUT2D eigenvalue weighted by atomic mass is 9.99. The van der Waals surface area contributed by atoms with E-state index in [1.807, 2.05) is 60.7 Å². The first-order valence-corrected chi connectivity index (χ1v) is 12.2. The Kier molecular flexibility index (Phi) is 7.30. The fourth-order valence-electron chi connectivity index (χ4n) is 3.96. The zero-order chi connectivity index (χ0) is 19.0. The van der Waals surface area contributed by atoms with Gasteiger partial charge in [0.25, 0.3) is 0 Å². The molecule has 0 N–H and O–H groups in total. The van der Waals surface area contributed by atoms with Crippen LogP contribution in [0.4, 0.5) is 0 Å². The minimum Gasteiger partial charge on any atom is -0.314 e. The van der Waals surface area contributed by atoms with Crippen LogP contribution in [0.15, 0.2) is 84.0 Å². The van der Waals surface area contributed by atoms with Crippen molar-refractivity contribution in [3.8, 4) is 0 Å². The first-order chi connectivity index (χ1) is 13.2. The van der Waals surface area contributed by atoms with Crippen LogP contribution in [0.5, 0.6) is 0 Å². The van der Waals surface area contributed by atoms with Crippen LogP contribution < -0.4 is 10.6 Å². The van der Waals surface area contributed by atoms with Crippen molar-refractivity contribution in [2.24, 2.45) is 0 Å². The third-order valence-electron chi connectivity index (χ3n) is 5.39. The summed E-state index contributed by atoms with van der Waals surface area (Å²) in [6, 6.07) is 20.1. The Labute approximate surface area is 164 Å². The van der Waals surface area contributed by atoms with Crippen LogP contribution >= 0.6 is 7.14 Å². The second kappa shape index (κ2) is 9.90. The second-order valence-corrected chi connectivity index (χ2v) is 10.3. The number of unbranched alkanes of at least 4 members (excludes halogenated alkanes) is 1. The van der Waals surface area contributed by atoms with Gasteiger partial charge in [0, 0.05) is 16.8 Å². The summed E-state index contributed by atoms with van der Waals surface area (Å²) in [6.07, 6.45) is 13.7. The monoisotopic (exact) mass is 378 g/mol. The van der Waals surface area contributed by atoms with E-state index >= 15 is 0 Å². The fraction of sp³-hybridized carbons (Fsp3) is 0.360. The maximum atomic E-state index is 14.0. The van der Waals surface area contributed by atoms with Crippen molar-refractivity contribution in [3.63, 3.8) is 0 Å². The molecule has 2 heteroatoms. The van der Waals surface area contributed by atoms with Crippen molar-refractivity contribution < 1.29 is 4.57 Å². The molecule has 0 bridgehead atoms. The lowest BCUT2D eigenvalue weighted by molar-refractivity contribution is 0.585. The Morgan fingerprint density at radius 3 is 2.15 bits per heavy atom. The molecule has 1 aliphatic rings. The number of rotatable bonds is 9. The molecule has 2 aromatic rings. The third-order valence-corrected chi connectivity index (χ3v) is 8.60. The summed E-state index contributed by atoms with van der Waals surface area (Å²) >= 11 is 0. The zero-order valence-electron chi connectivity index (χ0n) is 16.4. The standard InChI is InChI=1S/C25H31OP/c1-2-13-22(23-14-9-10-15-23)16-11-12-21-27(26,24-17-5-3-6-18-24)25-19-7-4-8-20-25/h3-8,14,16-20H,2,9-13,15,21H2,1H3/b22-16+. The molecule has 3 rings (SSSR count). The van der Waals surface area contributed by atoms with Gasteiger partial charge in [-0.15, -0.1) is 0 Å². The molecule has 142 valence electrons. The van der Waals surface area contributed by atoms with Gasteiger partial charge >= 0.3 is 0 Å². The van der Waals surface area contributed by atoms with Gasteiger partial charge in [-0.05, 0) is 49.7 Å². The maximum absolute atomic E-state index is 14.0. The van der Waals surface area contributed by atoms with Crippen molar-refractivity contribution in [3.05, 3.63) is 84.0 Å². The van der Waals surface area contributed by atoms with Crippen molar-refractivity contribution in [1.29, 1.82) is 0 Å². The molecule has 1 aliphatic carbocycles. The molecule has 27 heavy (non-hydrogen) atoms. The number of allylic oxidation sites excluding steroid dienone is 4. The minimum absolute atomic E-state index is 0.732. The first kappa shape index (κ1) is 19.9. The quantitative estimate of drug-likeness (QED) is 0.354. The van der Waals surface area contributed by atoms with Gasteiger partial charge in [0.05, 0.1) is 0 Å². The molecular weight excluding hydrogens is 347 g/mol. The summed E-state index contributed by atoms with van der Waals surface area (Å²) in [4.78, 5) is 0. The van der Waals surface area contributed by atoms with E-state index in [1.165, 1.54) is 37.7 Å². The largest absolute Gasteiger partial charge is 0.314 e. The first-order valence-electron chi connectivity index (χ1n) is 10.3. The van der Waals surface area contributed by atoms with Crippen LogP contribution in [0.2, 0.25) is 0 Å². The van der Waals surface area contributed by atoms with Gasteiger partial charge in [-0.25, -0.2) is 0 Å². The molecule has 0 atom stereocenters. The number of benzene rings is 2. The number of hydrogen-bond acceptors (Lipinski definition) is 1. The average molecular weight is 378 g/mol. The Hall–Kier alpha value is -1.85. The highest BCUT2D eigenvalue weighted by Crippen LogP contribution is 2.44. The SMILES string of the molecule is CCC/C(=C\CCCP(=O)(c1ccccc1)c1ccccc1)C1=CCCC1. The van der Waals surface area contributed by atoms with Crippen molar-refractivity contribution in [2.75, 3.05) is 6.16 Å². The van der Waals surface area contributed by atoms with Crippen LogP contribution in [-0.4, -0.2) is 6.16 Å². The molecule has 1 nitrogen and oxygen atoms in total. The Bertz CT molecular complexity index is 774. The zero-order valence-corrected chi connectivity index (χ0v) is 17.3. The van der Waals surface area contributed by atoms with E-state index in [9.17, 15) is 4.57 Å². The third kappa shape index (κ3) is 5.11. The van der Waals surface area contributed by atoms with Crippen molar-refractivity contribution >= 4 is 17.8 Å². The fourth-order valence-corrected chi connectivity index (χ4v) is 6.71. The molecule has 0 saturated carbocycles. The normalized spacial score (nSPS) is 15.0. The molecule has 0 aliphatic heterocycles. The summed E-state index contributed by atoms with van der Waals surface area (Å²) in [6.45, 7) is 2.25. The van der Waals surface area contributed by atoms with E-state index in [-0.39, 0.29) is 0 Å². The van der Waals surface area contributed by atoms with Crippen LogP contribution in [0.1, 0.15) is 51.9 Å². The molecule has 0 amide bonds. The average Bonchev–Trinajstić information content (AvgIpc) is 3.26. The molecule has 0 radical (unpaired) electrons. The van der Waals surface area contributed by atoms with Gasteiger partial charge in [-0.3, -0.25) is 0 Å². The van der Waals surface area contributed by atoms with Gasteiger partial charge in [-0.1, -0.05) is 86.2 Å². The molecule has 0 aromatic heterocycles. The van der Waals surface area contributed by atoms with E-state index in [2.05, 4.69) is 19.1 Å². The predicted octanol–water partition coefficient (Wildman–Crippen LogP) is 6.62. The van der Waals surface area contributed by atoms with E-state index in [0.717, 1.165) is 29.6 Å². The highest BCUT2D eigenvalue weighted by atomic mass is 31.2. The van der Waals surface area contributed by atoms with Crippen LogP contribution in [0, 0.1) is 0 Å². The van der Waals surface area contributed by atoms with Gasteiger partial charge in [0.15, 0.2) is 0 Å². The highest BCUT2D eigenvalue weighted by molar-refractivity contribution is 7.78. The Balaban J connectivity index is 1.74. The van der Waals surface area contributed by atoms with E-state index in [1.54, 1.807) is 5.57 Å². The van der Waals surface area contributed by atoms with Gasteiger partial charge in [-0.2, -0.15) is 0 Å². The topological polar surface area (TPSA) is 17.1 Å². The Morgan fingerprint density at radius 1 is 1.00 bits per heavy atom. The minimum atomic E-state index is -2.57. The molecule has 0 spiro atoms. The molecule has 0 heterocycles. The van der Waals surface area contributed by atoms with Crippen LogP contribution in [-0.2, 0) is 4.57 Å². The number of hydrogen-bond donors (Lipinski definition) is 0. The van der Waals surface area contributed by atoms with E-state index in [4.69, 9.17) is 0 Å². The molecular formula is C25H31OP. The second-order valence-electron chi connectivity index (χ2n) is 7.38. The van der Waals surface area contributed by atoms with Crippen LogP contribution in [0.25, 0.3) is 0 Å². The van der Waals surface area contributed by atoms with Gasteiger partial charge < -0.3 is 4.57 Å². The summed E-state index contributed by atoms with van der Waals surface area (Å²) < 4.78 is 14.0. The lowest BCUT2D eigenvalue weighted by Crippen LogP contribution is -2.18. The summed E-state index contributed by atoms with van der Waals surface area (Å²) in [5.41, 5.74) is 3.09. The van der Waals surface area contributed by atoms with Gasteiger partial charge in [0.2, 0.25) is 0 Å². The molecule has 0 unspecified atom stereocenters. The van der Waals surface area contributed by atoms with Gasteiger partial charge in [0.1, 0.15) is 7.14 Å². The Morgan fingerprint density at radius 2 is 1.63 bits per heavy atom. The summed E-state index contributed by atoms with van der Waals surface area (Å²) in [5, 5.41) is 1.96. The predicted molar refractivity (Wildman–Crippen MR) is 119 cm³/mol. The molecule has 0 fully saturated rings. The van der Waals surface area contributed by atoms with Crippen molar-refractivity contribution in [1.82, 2.24) is 0 Å². The lowest BCUT2D eigenvalue weighted by Gasteiger charge is -2.19.